The number of nitrogens with one attached hydrogen (secondary N) is 1. The fraction of sp³-hybridized carbons (Fsp3) is 0.800. The van der Waals surface area contributed by atoms with Gasteiger partial charge in [0.15, 0.2) is 0 Å². The second-order valence-corrected chi connectivity index (χ2v) is 4.03. The number of imide groups is 1. The van der Waals surface area contributed by atoms with Crippen LogP contribution in [0.4, 0.5) is 0 Å². The molecule has 3 nitrogen and oxygen atoms in total. The van der Waals surface area contributed by atoms with Crippen LogP contribution in [0, 0.1) is 0 Å². The van der Waals surface area contributed by atoms with Crippen molar-refractivity contribution in [3.8, 4) is 0 Å². The van der Waals surface area contributed by atoms with Gasteiger partial charge >= 0.3 is 0 Å². The summed E-state index contributed by atoms with van der Waals surface area (Å²) in [6.07, 6.45) is 5.22. The van der Waals surface area contributed by atoms with Crippen LogP contribution in [0.3, 0.4) is 0 Å². The monoisotopic (exact) mass is 217 g/mol. The lowest BCUT2D eigenvalue weighted by molar-refractivity contribution is -0.128. The highest BCUT2D eigenvalue weighted by molar-refractivity contribution is 7.81. The number of hydrogen-bond donors (Lipinski definition) is 2. The second-order valence-electron chi connectivity index (χ2n) is 3.41. The summed E-state index contributed by atoms with van der Waals surface area (Å²) in [5.74, 6) is -0.597. The lowest BCUT2D eigenvalue weighted by atomic mass is 10.1. The van der Waals surface area contributed by atoms with E-state index in [1.807, 2.05) is 0 Å². The van der Waals surface area contributed by atoms with E-state index in [2.05, 4.69) is 24.9 Å². The maximum absolute atomic E-state index is 11.2. The smallest absolute Gasteiger partial charge is 0.239 e. The molecule has 1 atom stereocenters. The van der Waals surface area contributed by atoms with E-state index >= 15 is 0 Å². The first-order valence-corrected chi connectivity index (χ1v) is 5.59. The van der Waals surface area contributed by atoms with Crippen LogP contribution in [0.25, 0.3) is 0 Å². The Morgan fingerprint density at radius 1 is 1.29 bits per heavy atom. The van der Waals surface area contributed by atoms with Crippen molar-refractivity contribution in [3.05, 3.63) is 0 Å². The first kappa shape index (κ1) is 13.5. The summed E-state index contributed by atoms with van der Waals surface area (Å²) in [5.41, 5.74) is 0. The molecular formula is C10H19NO2S. The average Bonchev–Trinajstić information content (AvgIpc) is 2.11. The molecule has 0 aliphatic rings. The quantitative estimate of drug-likeness (QED) is 0.527. The zero-order valence-electron chi connectivity index (χ0n) is 8.88. The SMILES string of the molecule is CCCCCCC(S)C(=O)NC(C)=O. The molecule has 1 N–H and O–H groups in total. The van der Waals surface area contributed by atoms with E-state index in [1.165, 1.54) is 19.8 Å². The van der Waals surface area contributed by atoms with E-state index in [0.29, 0.717) is 0 Å². The van der Waals surface area contributed by atoms with Crippen LogP contribution in [-0.2, 0) is 9.59 Å². The number of thiol groups is 1. The van der Waals surface area contributed by atoms with Gasteiger partial charge in [0.05, 0.1) is 5.25 Å². The molecule has 82 valence electrons. The molecule has 0 aliphatic heterocycles. The summed E-state index contributed by atoms with van der Waals surface area (Å²) < 4.78 is 0. The van der Waals surface area contributed by atoms with Gasteiger partial charge in [-0.25, -0.2) is 0 Å². The number of rotatable bonds is 6. The van der Waals surface area contributed by atoms with Gasteiger partial charge in [0.25, 0.3) is 0 Å². The molecule has 0 heterocycles. The highest BCUT2D eigenvalue weighted by Gasteiger charge is 2.13. The largest absolute Gasteiger partial charge is 0.296 e. The Morgan fingerprint density at radius 2 is 1.93 bits per heavy atom. The minimum Gasteiger partial charge on any atom is -0.296 e. The summed E-state index contributed by atoms with van der Waals surface area (Å²) >= 11 is 4.14. The van der Waals surface area contributed by atoms with Gasteiger partial charge in [0.2, 0.25) is 11.8 Å². The molecule has 0 fully saturated rings. The predicted molar refractivity (Wildman–Crippen MR) is 60.4 cm³/mol. The van der Waals surface area contributed by atoms with E-state index in [9.17, 15) is 9.59 Å². The van der Waals surface area contributed by atoms with Crippen LogP contribution in [-0.4, -0.2) is 17.1 Å². The molecule has 0 aliphatic carbocycles. The van der Waals surface area contributed by atoms with Gasteiger partial charge in [-0.3, -0.25) is 14.9 Å². The number of hydrogen-bond acceptors (Lipinski definition) is 3. The van der Waals surface area contributed by atoms with Crippen LogP contribution >= 0.6 is 12.6 Å². The van der Waals surface area contributed by atoms with Crippen molar-refractivity contribution in [2.24, 2.45) is 0 Å². The molecule has 2 amide bonds. The van der Waals surface area contributed by atoms with Gasteiger partial charge in [0, 0.05) is 6.92 Å². The first-order valence-electron chi connectivity index (χ1n) is 5.07. The molecule has 0 bridgehead atoms. The maximum Gasteiger partial charge on any atom is 0.239 e. The van der Waals surface area contributed by atoms with Crippen LogP contribution in [0.5, 0.6) is 0 Å². The fourth-order valence-electron chi connectivity index (χ4n) is 1.15. The van der Waals surface area contributed by atoms with E-state index < -0.39 is 0 Å². The molecule has 0 aromatic rings. The van der Waals surface area contributed by atoms with Crippen LogP contribution in [0.15, 0.2) is 0 Å². The molecule has 1 unspecified atom stereocenters. The third-order valence-electron chi connectivity index (χ3n) is 1.93. The summed E-state index contributed by atoms with van der Waals surface area (Å²) in [6.45, 7) is 3.47. The predicted octanol–water partition coefficient (Wildman–Crippen LogP) is 1.92. The Bertz CT molecular complexity index is 195. The van der Waals surface area contributed by atoms with Crippen LogP contribution in [0.1, 0.15) is 46.0 Å². The van der Waals surface area contributed by atoms with Crippen molar-refractivity contribution in [2.45, 2.75) is 51.2 Å². The molecule has 0 saturated heterocycles. The van der Waals surface area contributed by atoms with Crippen LogP contribution in [0.2, 0.25) is 0 Å². The molecular weight excluding hydrogens is 198 g/mol. The van der Waals surface area contributed by atoms with Gasteiger partial charge in [-0.2, -0.15) is 12.6 Å². The van der Waals surface area contributed by atoms with E-state index in [1.54, 1.807) is 0 Å². The number of carbonyl (C=O) groups excluding carboxylic acids is 2. The number of carbonyl (C=O) groups is 2. The van der Waals surface area contributed by atoms with Crippen molar-refractivity contribution in [1.29, 1.82) is 0 Å². The van der Waals surface area contributed by atoms with Gasteiger partial charge in [-0.1, -0.05) is 32.6 Å². The molecule has 4 heteroatoms. The van der Waals surface area contributed by atoms with Crippen LogP contribution < -0.4 is 5.32 Å². The summed E-state index contributed by atoms with van der Waals surface area (Å²) in [6, 6.07) is 0. The Hall–Kier alpha value is -0.510. The molecule has 14 heavy (non-hydrogen) atoms. The first-order chi connectivity index (χ1) is 6.57. The van der Waals surface area contributed by atoms with Crippen molar-refractivity contribution in [2.75, 3.05) is 0 Å². The fourth-order valence-corrected chi connectivity index (χ4v) is 1.40. The van der Waals surface area contributed by atoms with Gasteiger partial charge < -0.3 is 0 Å². The Balaban J connectivity index is 3.57. The molecule has 0 saturated carbocycles. The zero-order chi connectivity index (χ0) is 11.0. The Morgan fingerprint density at radius 3 is 2.43 bits per heavy atom. The topological polar surface area (TPSA) is 46.2 Å². The highest BCUT2D eigenvalue weighted by Crippen LogP contribution is 2.09. The standard InChI is InChI=1S/C10H19NO2S/c1-3-4-5-6-7-9(14)10(13)11-8(2)12/h9,14H,3-7H2,1-2H3,(H,11,12,13). The minimum absolute atomic E-state index is 0.280. The van der Waals surface area contributed by atoms with Crippen molar-refractivity contribution < 1.29 is 9.59 Å². The molecule has 0 rings (SSSR count). The third kappa shape index (κ3) is 6.95. The van der Waals surface area contributed by atoms with Gasteiger partial charge in [-0.05, 0) is 6.42 Å². The van der Waals surface area contributed by atoms with Crippen molar-refractivity contribution in [1.82, 2.24) is 5.32 Å². The minimum atomic E-state index is -0.351. The van der Waals surface area contributed by atoms with E-state index in [-0.39, 0.29) is 17.1 Å². The lowest BCUT2D eigenvalue weighted by Crippen LogP contribution is -2.34. The van der Waals surface area contributed by atoms with E-state index in [4.69, 9.17) is 0 Å². The Labute approximate surface area is 91.1 Å². The summed E-state index contributed by atoms with van der Waals surface area (Å²) in [7, 11) is 0. The molecule has 0 radical (unpaired) electrons. The third-order valence-corrected chi connectivity index (χ3v) is 2.43. The lowest BCUT2D eigenvalue weighted by Gasteiger charge is -2.08. The normalized spacial score (nSPS) is 12.2. The van der Waals surface area contributed by atoms with E-state index in [0.717, 1.165) is 19.3 Å². The average molecular weight is 217 g/mol. The zero-order valence-corrected chi connectivity index (χ0v) is 9.77. The molecule has 0 spiro atoms. The van der Waals surface area contributed by atoms with Crippen molar-refractivity contribution >= 4 is 24.4 Å². The Kier molecular flexibility index (Phi) is 7.57. The summed E-state index contributed by atoms with van der Waals surface area (Å²) in [5, 5.41) is 1.88. The number of unbranched alkanes of at least 4 members (excludes halogenated alkanes) is 3. The highest BCUT2D eigenvalue weighted by atomic mass is 32.1. The summed E-state index contributed by atoms with van der Waals surface area (Å²) in [4.78, 5) is 21.8. The van der Waals surface area contributed by atoms with Gasteiger partial charge in [-0.15, -0.1) is 0 Å². The van der Waals surface area contributed by atoms with Gasteiger partial charge in [0.1, 0.15) is 0 Å². The maximum atomic E-state index is 11.2. The molecule has 0 aromatic carbocycles. The molecule has 0 aromatic heterocycles. The number of amides is 2. The second kappa shape index (κ2) is 7.85. The van der Waals surface area contributed by atoms with Crippen molar-refractivity contribution in [3.63, 3.8) is 0 Å².